The van der Waals surface area contributed by atoms with Crippen molar-refractivity contribution in [3.8, 4) is 22.3 Å². The van der Waals surface area contributed by atoms with Crippen molar-refractivity contribution in [3.05, 3.63) is 115 Å². The Kier molecular flexibility index (Phi) is 4.14. The van der Waals surface area contributed by atoms with Gasteiger partial charge in [0.2, 0.25) is 0 Å². The summed E-state index contributed by atoms with van der Waals surface area (Å²) in [6.45, 7) is 0. The van der Waals surface area contributed by atoms with Crippen molar-refractivity contribution in [3.63, 3.8) is 0 Å². The van der Waals surface area contributed by atoms with Crippen LogP contribution < -0.4 is 5.46 Å². The van der Waals surface area contributed by atoms with E-state index in [-0.39, 0.29) is 0 Å². The first-order chi connectivity index (χ1) is 15.3. The lowest BCUT2D eigenvalue weighted by atomic mass is 9.81. The first-order valence-corrected chi connectivity index (χ1v) is 10.6. The van der Waals surface area contributed by atoms with Gasteiger partial charge < -0.3 is 0 Å². The van der Waals surface area contributed by atoms with Crippen molar-refractivity contribution >= 4 is 45.6 Å². The van der Waals surface area contributed by atoms with Gasteiger partial charge in [0.15, 0.2) is 0 Å². The van der Waals surface area contributed by atoms with Gasteiger partial charge in [0.25, 0.3) is 0 Å². The summed E-state index contributed by atoms with van der Waals surface area (Å²) >= 11 is 0. The molecule has 2 radical (unpaired) electrons. The van der Waals surface area contributed by atoms with Gasteiger partial charge in [-0.3, -0.25) is 0 Å². The maximum absolute atomic E-state index is 6.58. The summed E-state index contributed by atoms with van der Waals surface area (Å²) in [5.74, 6) is 0. The van der Waals surface area contributed by atoms with E-state index >= 15 is 0 Å². The van der Waals surface area contributed by atoms with Crippen LogP contribution in [-0.4, -0.2) is 7.85 Å². The lowest BCUT2D eigenvalue weighted by molar-refractivity contribution is 1.63. The maximum Gasteiger partial charge on any atom is 0.115 e. The second-order valence-corrected chi connectivity index (χ2v) is 8.02. The molecule has 0 aliphatic heterocycles. The largest absolute Gasteiger partial charge is 0.115 e. The van der Waals surface area contributed by atoms with E-state index in [4.69, 9.17) is 7.85 Å². The molecule has 0 saturated heterocycles. The van der Waals surface area contributed by atoms with E-state index in [1.807, 2.05) is 0 Å². The molecule has 6 rings (SSSR count). The van der Waals surface area contributed by atoms with Crippen molar-refractivity contribution in [2.24, 2.45) is 0 Å². The second kappa shape index (κ2) is 7.14. The molecule has 0 aliphatic carbocycles. The smallest absolute Gasteiger partial charge is 0.0812 e. The van der Waals surface area contributed by atoms with Crippen LogP contribution in [0.3, 0.4) is 0 Å². The van der Waals surface area contributed by atoms with Crippen LogP contribution >= 0.6 is 0 Å². The van der Waals surface area contributed by atoms with Crippen molar-refractivity contribution in [1.82, 2.24) is 0 Å². The highest BCUT2D eigenvalue weighted by molar-refractivity contribution is 6.46. The van der Waals surface area contributed by atoms with E-state index in [9.17, 15) is 0 Å². The van der Waals surface area contributed by atoms with E-state index in [2.05, 4.69) is 115 Å². The fraction of sp³-hybridized carbons (Fsp3) is 0. The molecule has 0 aliphatic rings. The van der Waals surface area contributed by atoms with Gasteiger partial charge in [0.1, 0.15) is 7.85 Å². The number of hydrogen-bond donors (Lipinski definition) is 0. The molecule has 0 atom stereocenters. The molecule has 142 valence electrons. The monoisotopic (exact) mass is 390 g/mol. The van der Waals surface area contributed by atoms with Crippen LogP contribution in [0.1, 0.15) is 0 Å². The second-order valence-electron chi connectivity index (χ2n) is 8.02. The van der Waals surface area contributed by atoms with Crippen LogP contribution in [0.2, 0.25) is 0 Å². The molecule has 1 heteroatoms. The third-order valence-electron chi connectivity index (χ3n) is 6.21. The van der Waals surface area contributed by atoms with Crippen LogP contribution in [0, 0.1) is 0 Å². The molecule has 31 heavy (non-hydrogen) atoms. The third kappa shape index (κ3) is 2.93. The van der Waals surface area contributed by atoms with Crippen LogP contribution in [0.5, 0.6) is 0 Å². The molecular weight excluding hydrogens is 371 g/mol. The van der Waals surface area contributed by atoms with E-state index in [1.54, 1.807) is 0 Å². The fourth-order valence-electron chi connectivity index (χ4n) is 4.70. The normalized spacial score (nSPS) is 11.4. The minimum Gasteiger partial charge on any atom is -0.0812 e. The van der Waals surface area contributed by atoms with Gasteiger partial charge in [-0.25, -0.2) is 0 Å². The zero-order valence-corrected chi connectivity index (χ0v) is 17.0. The van der Waals surface area contributed by atoms with Crippen molar-refractivity contribution in [2.45, 2.75) is 0 Å². The Bertz CT molecular complexity index is 1540. The summed E-state index contributed by atoms with van der Waals surface area (Å²) in [6.07, 6.45) is 0. The molecule has 0 spiro atoms. The minimum absolute atomic E-state index is 0.848. The van der Waals surface area contributed by atoms with Crippen molar-refractivity contribution in [1.29, 1.82) is 0 Å². The minimum atomic E-state index is 0.848. The average molecular weight is 390 g/mol. The Morgan fingerprint density at radius 2 is 0.935 bits per heavy atom. The first-order valence-electron chi connectivity index (χ1n) is 10.6. The highest BCUT2D eigenvalue weighted by atomic mass is 14.2. The molecule has 0 N–H and O–H groups in total. The maximum atomic E-state index is 6.58. The van der Waals surface area contributed by atoms with Crippen LogP contribution in [0.4, 0.5) is 0 Å². The fourth-order valence-corrected chi connectivity index (χ4v) is 4.70. The Labute approximate surface area is 183 Å². The number of hydrogen-bond acceptors (Lipinski definition) is 0. The zero-order chi connectivity index (χ0) is 20.8. The van der Waals surface area contributed by atoms with Gasteiger partial charge >= 0.3 is 0 Å². The lowest BCUT2D eigenvalue weighted by Crippen LogP contribution is -2.07. The standard InChI is InChI=1S/C30H19B/c31-30-27-14-5-3-12-25(27)29(26-13-4-6-15-28(26)30)24-11-7-10-22(19-24)23-17-16-20-8-1-2-9-21(20)18-23/h1-19H. The van der Waals surface area contributed by atoms with Crippen LogP contribution in [0.15, 0.2) is 115 Å². The quantitative estimate of drug-likeness (QED) is 0.215. The molecule has 6 aromatic carbocycles. The van der Waals surface area contributed by atoms with Crippen molar-refractivity contribution in [2.75, 3.05) is 0 Å². The lowest BCUT2D eigenvalue weighted by Gasteiger charge is -2.16. The topological polar surface area (TPSA) is 0 Å². The summed E-state index contributed by atoms with van der Waals surface area (Å²) < 4.78 is 0. The summed E-state index contributed by atoms with van der Waals surface area (Å²) in [5, 5.41) is 7.11. The van der Waals surface area contributed by atoms with Gasteiger partial charge in [0.05, 0.1) is 0 Å². The SMILES string of the molecule is [B]c1c2ccccc2c(-c2cccc(-c3ccc4ccccc4c3)c2)c2ccccc12. The number of rotatable bonds is 2. The molecule has 0 nitrogen and oxygen atoms in total. The third-order valence-corrected chi connectivity index (χ3v) is 6.21. The Hall–Kier alpha value is -3.84. The summed E-state index contributed by atoms with van der Waals surface area (Å²) in [5.41, 5.74) is 5.74. The molecule has 6 aromatic rings. The van der Waals surface area contributed by atoms with Gasteiger partial charge in [-0.05, 0) is 66.7 Å². The first kappa shape index (κ1) is 18.0. The van der Waals surface area contributed by atoms with Crippen molar-refractivity contribution < 1.29 is 0 Å². The van der Waals surface area contributed by atoms with E-state index < -0.39 is 0 Å². The molecule has 0 aromatic heterocycles. The molecule has 0 fully saturated rings. The van der Waals surface area contributed by atoms with Crippen LogP contribution in [0.25, 0.3) is 54.6 Å². The summed E-state index contributed by atoms with van der Waals surface area (Å²) in [6, 6.07) is 40.9. The number of fused-ring (bicyclic) bond motifs is 3. The summed E-state index contributed by atoms with van der Waals surface area (Å²) in [7, 11) is 6.58. The average Bonchev–Trinajstić information content (AvgIpc) is 2.84. The van der Waals surface area contributed by atoms with E-state index in [0.29, 0.717) is 0 Å². The number of benzene rings is 6. The Morgan fingerprint density at radius 1 is 0.387 bits per heavy atom. The molecule has 0 saturated carbocycles. The van der Waals surface area contributed by atoms with Gasteiger partial charge in [-0.15, -0.1) is 0 Å². The van der Waals surface area contributed by atoms with Gasteiger partial charge in [-0.2, -0.15) is 0 Å². The van der Waals surface area contributed by atoms with Gasteiger partial charge in [-0.1, -0.05) is 109 Å². The molecule has 0 bridgehead atoms. The van der Waals surface area contributed by atoms with E-state index in [1.165, 1.54) is 43.8 Å². The molecular formula is C30H19B. The summed E-state index contributed by atoms with van der Waals surface area (Å²) in [4.78, 5) is 0. The highest BCUT2D eigenvalue weighted by Crippen LogP contribution is 2.37. The molecule has 0 amide bonds. The predicted octanol–water partition coefficient (Wildman–Crippen LogP) is 7.27. The Balaban J connectivity index is 1.62. The highest BCUT2D eigenvalue weighted by Gasteiger charge is 2.13. The Morgan fingerprint density at radius 3 is 1.65 bits per heavy atom. The molecule has 0 heterocycles. The van der Waals surface area contributed by atoms with E-state index in [0.717, 1.165) is 16.2 Å². The predicted molar refractivity (Wildman–Crippen MR) is 135 cm³/mol. The van der Waals surface area contributed by atoms with Gasteiger partial charge in [0, 0.05) is 0 Å². The zero-order valence-electron chi connectivity index (χ0n) is 17.0. The molecule has 0 unspecified atom stereocenters. The van der Waals surface area contributed by atoms with Crippen LogP contribution in [-0.2, 0) is 0 Å².